The maximum absolute atomic E-state index is 4.39. The van der Waals surface area contributed by atoms with Crippen LogP contribution in [-0.2, 0) is 0 Å². The van der Waals surface area contributed by atoms with E-state index in [1.54, 1.807) is 0 Å². The van der Waals surface area contributed by atoms with Crippen LogP contribution in [0.25, 0.3) is 0 Å². The molecule has 0 saturated carbocycles. The molecule has 0 atom stereocenters. The molecular formula is C16H22N2. The third-order valence-corrected chi connectivity index (χ3v) is 3.42. The third-order valence-electron chi connectivity index (χ3n) is 3.42. The van der Waals surface area contributed by atoms with E-state index in [2.05, 4.69) is 41.6 Å². The van der Waals surface area contributed by atoms with Gasteiger partial charge >= 0.3 is 0 Å². The molecule has 2 heteroatoms. The molecule has 1 aromatic heterocycles. The Morgan fingerprint density at radius 1 is 1.22 bits per heavy atom. The van der Waals surface area contributed by atoms with Crippen LogP contribution in [0.3, 0.4) is 0 Å². The minimum atomic E-state index is 0.535. The van der Waals surface area contributed by atoms with Crippen molar-refractivity contribution in [3.63, 3.8) is 0 Å². The summed E-state index contributed by atoms with van der Waals surface area (Å²) in [6, 6.07) is 4.15. The van der Waals surface area contributed by atoms with Crippen molar-refractivity contribution in [3.05, 3.63) is 29.6 Å². The summed E-state index contributed by atoms with van der Waals surface area (Å²) in [4.78, 5) is 6.82. The monoisotopic (exact) mass is 242 g/mol. The minimum absolute atomic E-state index is 0.535. The molecule has 1 saturated heterocycles. The summed E-state index contributed by atoms with van der Waals surface area (Å²) in [6.07, 6.45) is 5.96. The predicted molar refractivity (Wildman–Crippen MR) is 75.5 cm³/mol. The van der Waals surface area contributed by atoms with E-state index in [1.807, 2.05) is 12.3 Å². The summed E-state index contributed by atoms with van der Waals surface area (Å²) >= 11 is 0. The van der Waals surface area contributed by atoms with Gasteiger partial charge in [0.05, 0.1) is 6.54 Å². The highest BCUT2D eigenvalue weighted by Crippen LogP contribution is 2.12. The SMILES string of the molecule is CC(C)c1ccc(C#CCN2CCCCC2)nc1. The lowest BCUT2D eigenvalue weighted by Crippen LogP contribution is -2.29. The smallest absolute Gasteiger partial charge is 0.113 e. The molecule has 0 spiro atoms. The summed E-state index contributed by atoms with van der Waals surface area (Å²) in [6.45, 7) is 7.65. The molecule has 0 aliphatic carbocycles. The Hall–Kier alpha value is -1.33. The molecule has 1 aliphatic heterocycles. The third kappa shape index (κ3) is 3.85. The lowest BCUT2D eigenvalue weighted by atomic mass is 10.1. The maximum atomic E-state index is 4.39. The molecule has 2 nitrogen and oxygen atoms in total. The van der Waals surface area contributed by atoms with Crippen molar-refractivity contribution in [2.45, 2.75) is 39.0 Å². The normalized spacial score (nSPS) is 16.4. The van der Waals surface area contributed by atoms with E-state index < -0.39 is 0 Å². The molecule has 2 heterocycles. The molecule has 1 fully saturated rings. The number of rotatable bonds is 2. The topological polar surface area (TPSA) is 16.1 Å². The van der Waals surface area contributed by atoms with Crippen molar-refractivity contribution in [1.82, 2.24) is 9.88 Å². The van der Waals surface area contributed by atoms with Crippen molar-refractivity contribution in [1.29, 1.82) is 0 Å². The van der Waals surface area contributed by atoms with Crippen LogP contribution in [0.15, 0.2) is 18.3 Å². The molecule has 1 aliphatic rings. The molecule has 0 amide bonds. The van der Waals surface area contributed by atoms with Gasteiger partial charge in [-0.25, -0.2) is 4.98 Å². The van der Waals surface area contributed by atoms with Crippen LogP contribution in [0.2, 0.25) is 0 Å². The van der Waals surface area contributed by atoms with Crippen molar-refractivity contribution in [2.75, 3.05) is 19.6 Å². The molecule has 0 aromatic carbocycles. The lowest BCUT2D eigenvalue weighted by molar-refractivity contribution is 0.255. The molecule has 0 unspecified atom stereocenters. The van der Waals surface area contributed by atoms with Crippen LogP contribution in [0.1, 0.15) is 50.3 Å². The first-order valence-corrected chi connectivity index (χ1v) is 6.93. The van der Waals surface area contributed by atoms with E-state index in [0.717, 1.165) is 12.2 Å². The van der Waals surface area contributed by atoms with Gasteiger partial charge < -0.3 is 0 Å². The Morgan fingerprint density at radius 3 is 2.61 bits per heavy atom. The zero-order chi connectivity index (χ0) is 12.8. The number of hydrogen-bond acceptors (Lipinski definition) is 2. The Bertz CT molecular complexity index is 417. The van der Waals surface area contributed by atoms with Gasteiger partial charge in [0.15, 0.2) is 0 Å². The standard InChI is InChI=1S/C16H22N2/c1-14(2)15-8-9-16(17-13-15)7-6-12-18-10-4-3-5-11-18/h8-9,13-14H,3-5,10-12H2,1-2H3. The van der Waals surface area contributed by atoms with Gasteiger partial charge in [-0.15, -0.1) is 0 Å². The second-order valence-corrected chi connectivity index (χ2v) is 5.27. The van der Waals surface area contributed by atoms with Gasteiger partial charge in [-0.2, -0.15) is 0 Å². The highest BCUT2D eigenvalue weighted by molar-refractivity contribution is 5.30. The van der Waals surface area contributed by atoms with Crippen molar-refractivity contribution >= 4 is 0 Å². The zero-order valence-electron chi connectivity index (χ0n) is 11.4. The van der Waals surface area contributed by atoms with E-state index in [1.165, 1.54) is 37.9 Å². The number of aromatic nitrogens is 1. The number of nitrogens with zero attached hydrogens (tertiary/aromatic N) is 2. The Morgan fingerprint density at radius 2 is 2.00 bits per heavy atom. The van der Waals surface area contributed by atoms with E-state index in [4.69, 9.17) is 0 Å². The number of piperidine rings is 1. The fraction of sp³-hybridized carbons (Fsp3) is 0.562. The molecule has 96 valence electrons. The molecule has 1 aromatic rings. The molecule has 0 bridgehead atoms. The van der Waals surface area contributed by atoms with Gasteiger partial charge in [0.1, 0.15) is 5.69 Å². The van der Waals surface area contributed by atoms with Gasteiger partial charge in [0, 0.05) is 6.20 Å². The van der Waals surface area contributed by atoms with Crippen LogP contribution in [-0.4, -0.2) is 29.5 Å². The Labute approximate surface area is 110 Å². The van der Waals surface area contributed by atoms with Crippen molar-refractivity contribution < 1.29 is 0 Å². The summed E-state index contributed by atoms with van der Waals surface area (Å²) < 4.78 is 0. The van der Waals surface area contributed by atoms with Crippen LogP contribution in [0, 0.1) is 11.8 Å². The molecule has 0 N–H and O–H groups in total. The molecule has 18 heavy (non-hydrogen) atoms. The van der Waals surface area contributed by atoms with Crippen LogP contribution in [0.4, 0.5) is 0 Å². The Balaban J connectivity index is 1.88. The first-order chi connectivity index (χ1) is 8.75. The average molecular weight is 242 g/mol. The highest BCUT2D eigenvalue weighted by atomic mass is 15.1. The van der Waals surface area contributed by atoms with E-state index in [0.29, 0.717) is 5.92 Å². The maximum Gasteiger partial charge on any atom is 0.113 e. The summed E-state index contributed by atoms with van der Waals surface area (Å²) in [5.74, 6) is 6.92. The van der Waals surface area contributed by atoms with Crippen molar-refractivity contribution in [2.24, 2.45) is 0 Å². The van der Waals surface area contributed by atoms with Gasteiger partial charge in [-0.3, -0.25) is 4.90 Å². The van der Waals surface area contributed by atoms with E-state index >= 15 is 0 Å². The van der Waals surface area contributed by atoms with Crippen LogP contribution < -0.4 is 0 Å². The van der Waals surface area contributed by atoms with Crippen LogP contribution >= 0.6 is 0 Å². The molecular weight excluding hydrogens is 220 g/mol. The fourth-order valence-electron chi connectivity index (χ4n) is 2.18. The highest BCUT2D eigenvalue weighted by Gasteiger charge is 2.07. The van der Waals surface area contributed by atoms with E-state index in [-0.39, 0.29) is 0 Å². The van der Waals surface area contributed by atoms with Crippen molar-refractivity contribution in [3.8, 4) is 11.8 Å². The number of pyridine rings is 1. The molecule has 0 radical (unpaired) electrons. The summed E-state index contributed by atoms with van der Waals surface area (Å²) in [7, 11) is 0. The van der Waals surface area contributed by atoms with Crippen LogP contribution in [0.5, 0.6) is 0 Å². The van der Waals surface area contributed by atoms with E-state index in [9.17, 15) is 0 Å². The second-order valence-electron chi connectivity index (χ2n) is 5.27. The van der Waals surface area contributed by atoms with Gasteiger partial charge in [-0.1, -0.05) is 32.3 Å². The second kappa shape index (κ2) is 6.56. The fourth-order valence-corrected chi connectivity index (χ4v) is 2.18. The largest absolute Gasteiger partial charge is 0.292 e. The van der Waals surface area contributed by atoms with Gasteiger partial charge in [-0.05, 0) is 49.4 Å². The predicted octanol–water partition coefficient (Wildman–Crippen LogP) is 3.04. The first kappa shape index (κ1) is 13.1. The Kier molecular flexibility index (Phi) is 4.78. The zero-order valence-corrected chi connectivity index (χ0v) is 11.4. The average Bonchev–Trinajstić information content (AvgIpc) is 2.40. The summed E-state index contributed by atoms with van der Waals surface area (Å²) in [5.41, 5.74) is 2.16. The molecule has 2 rings (SSSR count). The lowest BCUT2D eigenvalue weighted by Gasteiger charge is -2.23. The van der Waals surface area contributed by atoms with Gasteiger partial charge in [0.2, 0.25) is 0 Å². The summed E-state index contributed by atoms with van der Waals surface area (Å²) in [5, 5.41) is 0. The minimum Gasteiger partial charge on any atom is -0.292 e. The van der Waals surface area contributed by atoms with Gasteiger partial charge in [0.25, 0.3) is 0 Å². The number of likely N-dealkylation sites (tertiary alicyclic amines) is 1. The quantitative estimate of drug-likeness (QED) is 0.741. The number of hydrogen-bond donors (Lipinski definition) is 0. The first-order valence-electron chi connectivity index (χ1n) is 6.93.